The van der Waals surface area contributed by atoms with Crippen LogP contribution < -0.4 is 4.74 Å². The first kappa shape index (κ1) is 20.3. The molecule has 0 radical (unpaired) electrons. The van der Waals surface area contributed by atoms with Crippen LogP contribution in [0.25, 0.3) is 5.76 Å². The molecule has 31 heavy (non-hydrogen) atoms. The Morgan fingerprint density at radius 2 is 2.00 bits per heavy atom. The first-order valence-electron chi connectivity index (χ1n) is 9.89. The highest BCUT2D eigenvalue weighted by Crippen LogP contribution is 2.39. The largest absolute Gasteiger partial charge is 0.507 e. The summed E-state index contributed by atoms with van der Waals surface area (Å²) in [5, 5.41) is 11.0. The molecule has 1 saturated heterocycles. The molecule has 0 unspecified atom stereocenters. The molecule has 0 spiro atoms. The summed E-state index contributed by atoms with van der Waals surface area (Å²) < 4.78 is 7.13. The number of carbonyl (C=O) groups is 2. The van der Waals surface area contributed by atoms with Crippen LogP contribution in [0.5, 0.6) is 5.75 Å². The van der Waals surface area contributed by atoms with Crippen molar-refractivity contribution in [1.82, 2.24) is 19.4 Å². The quantitative estimate of drug-likeness (QED) is 0.360. The van der Waals surface area contributed by atoms with Crippen LogP contribution in [0, 0.1) is 0 Å². The molecule has 158 valence electrons. The molecule has 0 aliphatic carbocycles. The Balaban J connectivity index is 1.72. The number of benzene rings is 1. The maximum Gasteiger partial charge on any atom is 0.295 e. The summed E-state index contributed by atoms with van der Waals surface area (Å²) >= 11 is 0. The minimum Gasteiger partial charge on any atom is -0.507 e. The van der Waals surface area contributed by atoms with Gasteiger partial charge in [-0.1, -0.05) is 18.2 Å². The Labute approximate surface area is 179 Å². The van der Waals surface area contributed by atoms with Gasteiger partial charge in [0.1, 0.15) is 17.6 Å². The van der Waals surface area contributed by atoms with E-state index in [1.807, 2.05) is 10.8 Å². The van der Waals surface area contributed by atoms with Gasteiger partial charge in [-0.25, -0.2) is 4.98 Å². The molecule has 0 saturated carbocycles. The number of aromatic nitrogens is 3. The maximum absolute atomic E-state index is 13.0. The molecule has 8 nitrogen and oxygen atoms in total. The van der Waals surface area contributed by atoms with Gasteiger partial charge in [0, 0.05) is 37.2 Å². The van der Waals surface area contributed by atoms with Crippen molar-refractivity contribution in [2.24, 2.45) is 0 Å². The summed E-state index contributed by atoms with van der Waals surface area (Å²) in [6, 6.07) is 11.3. The fourth-order valence-electron chi connectivity index (χ4n) is 3.72. The van der Waals surface area contributed by atoms with Crippen LogP contribution in [0.1, 0.15) is 23.7 Å². The lowest BCUT2D eigenvalue weighted by Crippen LogP contribution is -2.31. The molecule has 1 aliphatic rings. The van der Waals surface area contributed by atoms with Crippen LogP contribution in [-0.4, -0.2) is 49.9 Å². The molecule has 1 atom stereocenters. The first-order chi connectivity index (χ1) is 15.1. The number of aliphatic hydroxyl groups is 1. The number of hydrogen-bond donors (Lipinski definition) is 1. The van der Waals surface area contributed by atoms with Crippen molar-refractivity contribution in [1.29, 1.82) is 0 Å². The van der Waals surface area contributed by atoms with E-state index in [1.54, 1.807) is 61.2 Å². The minimum atomic E-state index is -0.768. The van der Waals surface area contributed by atoms with E-state index in [-0.39, 0.29) is 11.3 Å². The minimum absolute atomic E-state index is 0.0274. The predicted molar refractivity (Wildman–Crippen MR) is 113 cm³/mol. The number of aliphatic hydroxyl groups excluding tert-OH is 1. The molecule has 0 bridgehead atoms. The van der Waals surface area contributed by atoms with Crippen molar-refractivity contribution in [3.63, 3.8) is 0 Å². The second-order valence-corrected chi connectivity index (χ2v) is 7.13. The van der Waals surface area contributed by atoms with Crippen LogP contribution >= 0.6 is 0 Å². The predicted octanol–water partition coefficient (Wildman–Crippen LogP) is 2.80. The lowest BCUT2D eigenvalue weighted by atomic mass is 9.98. The maximum atomic E-state index is 13.0. The molecule has 3 heterocycles. The highest BCUT2D eigenvalue weighted by molar-refractivity contribution is 6.46. The molecule has 1 aliphatic heterocycles. The molecule has 3 aromatic rings. The third-order valence-corrected chi connectivity index (χ3v) is 5.23. The molecule has 1 fully saturated rings. The van der Waals surface area contributed by atoms with E-state index in [0.29, 0.717) is 36.5 Å². The summed E-state index contributed by atoms with van der Waals surface area (Å²) in [7, 11) is 1.52. The van der Waals surface area contributed by atoms with E-state index in [4.69, 9.17) is 4.74 Å². The van der Waals surface area contributed by atoms with Gasteiger partial charge in [0.2, 0.25) is 0 Å². The lowest BCUT2D eigenvalue weighted by Gasteiger charge is -2.24. The number of hydrogen-bond acceptors (Lipinski definition) is 6. The summed E-state index contributed by atoms with van der Waals surface area (Å²) in [5.41, 5.74) is 0.949. The number of aryl methyl sites for hydroxylation is 1. The van der Waals surface area contributed by atoms with Crippen LogP contribution in [0.15, 0.2) is 73.0 Å². The fourth-order valence-corrected chi connectivity index (χ4v) is 3.72. The SMILES string of the molecule is COc1cccc(C(O)=C2C(=O)C(=O)N(CCCn3ccnc3)[C@H]2c2ccccn2)c1. The number of nitrogens with zero attached hydrogens (tertiary/aromatic N) is 4. The normalized spacial score (nSPS) is 17.8. The van der Waals surface area contributed by atoms with Gasteiger partial charge in [-0.3, -0.25) is 14.6 Å². The number of carbonyl (C=O) groups excluding carboxylic acids is 2. The molecule has 1 amide bonds. The van der Waals surface area contributed by atoms with Gasteiger partial charge < -0.3 is 19.3 Å². The highest BCUT2D eigenvalue weighted by Gasteiger charge is 2.46. The van der Waals surface area contributed by atoms with Crippen LogP contribution in [0.2, 0.25) is 0 Å². The average Bonchev–Trinajstić information content (AvgIpc) is 3.41. The van der Waals surface area contributed by atoms with Gasteiger partial charge in [0.05, 0.1) is 24.7 Å². The number of pyridine rings is 1. The summed E-state index contributed by atoms with van der Waals surface area (Å²) in [4.78, 5) is 35.7. The molecule has 8 heteroatoms. The van der Waals surface area contributed by atoms with Gasteiger partial charge >= 0.3 is 0 Å². The van der Waals surface area contributed by atoms with Gasteiger partial charge in [-0.05, 0) is 30.7 Å². The zero-order chi connectivity index (χ0) is 21.8. The number of amides is 1. The second-order valence-electron chi connectivity index (χ2n) is 7.13. The Morgan fingerprint density at radius 3 is 2.71 bits per heavy atom. The van der Waals surface area contributed by atoms with Crippen molar-refractivity contribution in [2.75, 3.05) is 13.7 Å². The molecular formula is C23H22N4O4. The Morgan fingerprint density at radius 1 is 1.13 bits per heavy atom. The van der Waals surface area contributed by atoms with E-state index in [2.05, 4.69) is 9.97 Å². The average molecular weight is 418 g/mol. The number of Topliss-reactive ketones (excluding diaryl/α,β-unsaturated/α-hetero) is 1. The van der Waals surface area contributed by atoms with E-state index in [1.165, 1.54) is 12.0 Å². The van der Waals surface area contributed by atoms with E-state index in [0.717, 1.165) is 0 Å². The zero-order valence-electron chi connectivity index (χ0n) is 17.0. The van der Waals surface area contributed by atoms with Crippen LogP contribution in [0.3, 0.4) is 0 Å². The van der Waals surface area contributed by atoms with Crippen molar-refractivity contribution in [2.45, 2.75) is 19.0 Å². The van der Waals surface area contributed by atoms with E-state index in [9.17, 15) is 14.7 Å². The summed E-state index contributed by atoms with van der Waals surface area (Å²) in [6.45, 7) is 0.979. The number of rotatable bonds is 7. The van der Waals surface area contributed by atoms with Crippen molar-refractivity contribution in [3.8, 4) is 5.75 Å². The van der Waals surface area contributed by atoms with E-state index < -0.39 is 17.7 Å². The highest BCUT2D eigenvalue weighted by atomic mass is 16.5. The molecule has 1 aromatic carbocycles. The van der Waals surface area contributed by atoms with Gasteiger partial charge in [-0.15, -0.1) is 0 Å². The lowest BCUT2D eigenvalue weighted by molar-refractivity contribution is -0.140. The van der Waals surface area contributed by atoms with Crippen LogP contribution in [-0.2, 0) is 16.1 Å². The number of imidazole rings is 1. The van der Waals surface area contributed by atoms with Gasteiger partial charge in [0.15, 0.2) is 0 Å². The third-order valence-electron chi connectivity index (χ3n) is 5.23. The number of ketones is 1. The first-order valence-corrected chi connectivity index (χ1v) is 9.89. The molecular weight excluding hydrogens is 396 g/mol. The number of likely N-dealkylation sites (tertiary alicyclic amines) is 1. The standard InChI is InChI=1S/C23H22N4O4/c1-31-17-7-4-6-16(14-17)21(28)19-20(18-8-2-3-9-25-18)27(23(30)22(19)29)12-5-11-26-13-10-24-15-26/h2-4,6-10,13-15,20,28H,5,11-12H2,1H3/t20-/m0/s1. The van der Waals surface area contributed by atoms with Crippen molar-refractivity contribution < 1.29 is 19.4 Å². The molecule has 4 rings (SSSR count). The Hall–Kier alpha value is -3.94. The summed E-state index contributed by atoms with van der Waals surface area (Å²) in [6.07, 6.45) is 7.45. The Bertz CT molecular complexity index is 1110. The smallest absolute Gasteiger partial charge is 0.295 e. The van der Waals surface area contributed by atoms with E-state index >= 15 is 0 Å². The number of ether oxygens (including phenoxy) is 1. The van der Waals surface area contributed by atoms with Crippen molar-refractivity contribution >= 4 is 17.4 Å². The molecule has 1 N–H and O–H groups in total. The van der Waals surface area contributed by atoms with Crippen molar-refractivity contribution in [3.05, 3.63) is 84.2 Å². The second kappa shape index (κ2) is 8.83. The zero-order valence-corrected chi connectivity index (χ0v) is 17.0. The number of methoxy groups -OCH3 is 1. The molecule has 2 aromatic heterocycles. The fraction of sp³-hybridized carbons (Fsp3) is 0.217. The van der Waals surface area contributed by atoms with Crippen LogP contribution in [0.4, 0.5) is 0 Å². The van der Waals surface area contributed by atoms with Gasteiger partial charge in [0.25, 0.3) is 11.7 Å². The van der Waals surface area contributed by atoms with Gasteiger partial charge in [-0.2, -0.15) is 0 Å². The third kappa shape index (κ3) is 4.05. The topological polar surface area (TPSA) is 97.6 Å². The Kier molecular flexibility index (Phi) is 5.79. The monoisotopic (exact) mass is 418 g/mol. The summed E-state index contributed by atoms with van der Waals surface area (Å²) in [5.74, 6) is -1.08.